The van der Waals surface area contributed by atoms with Gasteiger partial charge in [0.15, 0.2) is 0 Å². The summed E-state index contributed by atoms with van der Waals surface area (Å²) in [6.45, 7) is 4.08. The number of carboxylic acid groups (broad SMARTS) is 1. The van der Waals surface area contributed by atoms with Crippen LogP contribution in [0.25, 0.3) is 0 Å². The molecule has 175 valence electrons. The Labute approximate surface area is 213 Å². The molecule has 0 atom stereocenters. The van der Waals surface area contributed by atoms with Crippen molar-refractivity contribution in [1.82, 2.24) is 5.32 Å². The molecule has 0 bridgehead atoms. The van der Waals surface area contributed by atoms with Gasteiger partial charge in [-0.1, -0.05) is 70.4 Å². The van der Waals surface area contributed by atoms with Gasteiger partial charge in [0.25, 0.3) is 0 Å². The van der Waals surface area contributed by atoms with Gasteiger partial charge in [-0.15, -0.1) is 0 Å². The summed E-state index contributed by atoms with van der Waals surface area (Å²) < 4.78 is 0. The standard InChI is InChI=1S/C26H47NO3.Na/c1-3-4-5-6-7-8-9-10-11-12-13-14-15-16-17-18-24(28)27-23-19-21-26(2,22-20-23)25(29)30;/h10-11,23H,3-9,12-22H2,1-2H3,(H,27,28)(H,29,30);. The van der Waals surface area contributed by atoms with Gasteiger partial charge in [-0.25, -0.2) is 0 Å². The number of carboxylic acids is 1. The summed E-state index contributed by atoms with van der Waals surface area (Å²) in [4.78, 5) is 23.4. The number of carbonyl (C=O) groups excluding carboxylic acids is 1. The second-order valence-electron chi connectivity index (χ2n) is 9.54. The van der Waals surface area contributed by atoms with Crippen LogP contribution in [0.4, 0.5) is 0 Å². The average molecular weight is 445 g/mol. The first kappa shape index (κ1) is 30.7. The van der Waals surface area contributed by atoms with Gasteiger partial charge >= 0.3 is 5.97 Å². The number of carbonyl (C=O) groups is 2. The van der Waals surface area contributed by atoms with E-state index in [0.29, 0.717) is 19.3 Å². The summed E-state index contributed by atoms with van der Waals surface area (Å²) in [6, 6.07) is 0.160. The van der Waals surface area contributed by atoms with Crippen LogP contribution in [0, 0.1) is 5.41 Å². The van der Waals surface area contributed by atoms with E-state index in [1.165, 1.54) is 70.6 Å². The summed E-state index contributed by atoms with van der Waals surface area (Å²) >= 11 is 0. The third kappa shape index (κ3) is 15.2. The minimum Gasteiger partial charge on any atom is -0.481 e. The third-order valence-corrected chi connectivity index (χ3v) is 6.64. The van der Waals surface area contributed by atoms with E-state index in [0.717, 1.165) is 25.7 Å². The molecule has 0 aliphatic heterocycles. The summed E-state index contributed by atoms with van der Waals surface area (Å²) in [5, 5.41) is 12.4. The van der Waals surface area contributed by atoms with E-state index >= 15 is 0 Å². The number of hydrogen-bond donors (Lipinski definition) is 2. The van der Waals surface area contributed by atoms with Crippen LogP contribution in [0.3, 0.4) is 0 Å². The van der Waals surface area contributed by atoms with Crippen molar-refractivity contribution in [2.45, 2.75) is 135 Å². The number of amides is 1. The van der Waals surface area contributed by atoms with E-state index in [1.54, 1.807) is 0 Å². The van der Waals surface area contributed by atoms with Crippen LogP contribution < -0.4 is 5.32 Å². The number of unbranched alkanes of at least 4 members (excludes halogenated alkanes) is 11. The first-order valence-electron chi connectivity index (χ1n) is 12.7. The Morgan fingerprint density at radius 3 is 1.87 bits per heavy atom. The molecular formula is C26H47NNaO3. The molecule has 0 heterocycles. The number of hydrogen-bond acceptors (Lipinski definition) is 2. The topological polar surface area (TPSA) is 66.4 Å². The molecule has 0 saturated heterocycles. The largest absolute Gasteiger partial charge is 0.481 e. The minimum atomic E-state index is -0.708. The van der Waals surface area contributed by atoms with Crippen molar-refractivity contribution in [3.8, 4) is 0 Å². The Bertz CT molecular complexity index is 499. The van der Waals surface area contributed by atoms with Crippen molar-refractivity contribution < 1.29 is 14.7 Å². The Morgan fingerprint density at radius 2 is 1.35 bits per heavy atom. The monoisotopic (exact) mass is 444 g/mol. The summed E-state index contributed by atoms with van der Waals surface area (Å²) in [5.41, 5.74) is -0.606. The number of rotatable bonds is 17. The Kier molecular flexibility index (Phi) is 19.0. The molecule has 5 heteroatoms. The fourth-order valence-corrected chi connectivity index (χ4v) is 4.27. The van der Waals surface area contributed by atoms with E-state index in [4.69, 9.17) is 0 Å². The predicted octanol–water partition coefficient (Wildman–Crippen LogP) is 6.79. The quantitative estimate of drug-likeness (QED) is 0.147. The van der Waals surface area contributed by atoms with Crippen LogP contribution in [-0.4, -0.2) is 52.6 Å². The van der Waals surface area contributed by atoms with Crippen LogP contribution in [0.1, 0.15) is 129 Å². The average Bonchev–Trinajstić information content (AvgIpc) is 2.72. The molecule has 1 aliphatic carbocycles. The summed E-state index contributed by atoms with van der Waals surface area (Å²) in [5.74, 6) is -0.572. The van der Waals surface area contributed by atoms with Crippen LogP contribution >= 0.6 is 0 Å². The molecular weight excluding hydrogens is 397 g/mol. The van der Waals surface area contributed by atoms with Crippen molar-refractivity contribution in [2.75, 3.05) is 0 Å². The van der Waals surface area contributed by atoms with Crippen LogP contribution in [0.5, 0.6) is 0 Å². The first-order valence-corrected chi connectivity index (χ1v) is 12.7. The van der Waals surface area contributed by atoms with E-state index < -0.39 is 11.4 Å². The maximum absolute atomic E-state index is 12.1. The SMILES string of the molecule is CCCCCCCCC=CCCCCCCCC(=O)NC1CCC(C)(C(=O)O)CC1.[Na]. The molecule has 4 nitrogen and oxygen atoms in total. The zero-order valence-electron chi connectivity index (χ0n) is 20.7. The van der Waals surface area contributed by atoms with Gasteiger partial charge in [0.05, 0.1) is 5.41 Å². The zero-order valence-corrected chi connectivity index (χ0v) is 22.7. The van der Waals surface area contributed by atoms with Crippen molar-refractivity contribution in [3.63, 3.8) is 0 Å². The Balaban J connectivity index is 0.00000900. The third-order valence-electron chi connectivity index (χ3n) is 6.64. The first-order chi connectivity index (χ1) is 14.5. The van der Waals surface area contributed by atoms with Crippen LogP contribution in [0.15, 0.2) is 12.2 Å². The maximum Gasteiger partial charge on any atom is 0.309 e. The van der Waals surface area contributed by atoms with E-state index in [1.807, 2.05) is 6.92 Å². The molecule has 2 N–H and O–H groups in total. The van der Waals surface area contributed by atoms with Crippen molar-refractivity contribution in [1.29, 1.82) is 0 Å². The van der Waals surface area contributed by atoms with E-state index in [9.17, 15) is 14.7 Å². The molecule has 0 spiro atoms. The molecule has 1 aliphatic rings. The second kappa shape index (κ2) is 19.2. The fourth-order valence-electron chi connectivity index (χ4n) is 4.27. The molecule has 1 saturated carbocycles. The normalized spacial score (nSPS) is 21.0. The van der Waals surface area contributed by atoms with Crippen molar-refractivity contribution in [2.24, 2.45) is 5.41 Å². The summed E-state index contributed by atoms with van der Waals surface area (Å²) in [6.07, 6.45) is 24.6. The molecule has 1 radical (unpaired) electrons. The molecule has 0 unspecified atom stereocenters. The van der Waals surface area contributed by atoms with Crippen LogP contribution in [0.2, 0.25) is 0 Å². The molecule has 31 heavy (non-hydrogen) atoms. The number of nitrogens with one attached hydrogen (secondary N) is 1. The fraction of sp³-hybridized carbons (Fsp3) is 0.846. The Hall–Kier alpha value is -0.320. The van der Waals surface area contributed by atoms with Gasteiger partial charge < -0.3 is 10.4 Å². The van der Waals surface area contributed by atoms with Gasteiger partial charge in [0.2, 0.25) is 5.91 Å². The van der Waals surface area contributed by atoms with E-state index in [2.05, 4.69) is 24.4 Å². The molecule has 0 aromatic heterocycles. The molecule has 0 aromatic carbocycles. The van der Waals surface area contributed by atoms with Gasteiger partial charge in [-0.3, -0.25) is 9.59 Å². The number of allylic oxidation sites excluding steroid dienone is 2. The van der Waals surface area contributed by atoms with Crippen molar-refractivity contribution >= 4 is 41.4 Å². The van der Waals surface area contributed by atoms with Crippen molar-refractivity contribution in [3.05, 3.63) is 12.2 Å². The van der Waals surface area contributed by atoms with Crippen LogP contribution in [-0.2, 0) is 9.59 Å². The zero-order chi connectivity index (χ0) is 22.1. The van der Waals surface area contributed by atoms with Gasteiger partial charge in [0.1, 0.15) is 0 Å². The van der Waals surface area contributed by atoms with E-state index in [-0.39, 0.29) is 41.5 Å². The molecule has 0 aromatic rings. The van der Waals surface area contributed by atoms with Gasteiger partial charge in [-0.05, 0) is 64.7 Å². The molecule has 1 rings (SSSR count). The van der Waals surface area contributed by atoms with Gasteiger partial charge in [-0.2, -0.15) is 0 Å². The molecule has 1 fully saturated rings. The molecule has 1 amide bonds. The number of aliphatic carboxylic acids is 1. The second-order valence-corrected chi connectivity index (χ2v) is 9.54. The summed E-state index contributed by atoms with van der Waals surface area (Å²) in [7, 11) is 0. The smallest absolute Gasteiger partial charge is 0.309 e. The predicted molar refractivity (Wildman–Crippen MR) is 131 cm³/mol. The van der Waals surface area contributed by atoms with Gasteiger partial charge in [0, 0.05) is 42.0 Å². The Morgan fingerprint density at radius 1 is 0.871 bits per heavy atom. The maximum atomic E-state index is 12.1. The minimum absolute atomic E-state index is 0.